The highest BCUT2D eigenvalue weighted by molar-refractivity contribution is 8.03. The molecular formula is C7H9ClN2O3S. The Morgan fingerprint density at radius 2 is 2.36 bits per heavy atom. The first-order chi connectivity index (χ1) is 6.54. The Morgan fingerprint density at radius 3 is 2.79 bits per heavy atom. The van der Waals surface area contributed by atoms with E-state index >= 15 is 0 Å². The molecular weight excluding hydrogens is 228 g/mol. The molecule has 0 aliphatic carbocycles. The molecule has 1 fully saturated rings. The van der Waals surface area contributed by atoms with Gasteiger partial charge in [-0.2, -0.15) is 0 Å². The number of carbonyl (C=O) groups excluding carboxylic acids is 1. The molecule has 1 aliphatic heterocycles. The molecule has 78 valence electrons. The van der Waals surface area contributed by atoms with Crippen LogP contribution in [0.4, 0.5) is 0 Å². The van der Waals surface area contributed by atoms with Crippen molar-refractivity contribution in [1.29, 1.82) is 0 Å². The highest BCUT2D eigenvalue weighted by Gasteiger charge is 2.29. The molecule has 0 aromatic heterocycles. The van der Waals surface area contributed by atoms with Crippen molar-refractivity contribution in [2.75, 3.05) is 12.3 Å². The first kappa shape index (κ1) is 11.3. The average molecular weight is 237 g/mol. The predicted molar refractivity (Wildman–Crippen MR) is 54.3 cm³/mol. The van der Waals surface area contributed by atoms with Crippen molar-refractivity contribution in [1.82, 2.24) is 4.42 Å². The van der Waals surface area contributed by atoms with Crippen LogP contribution in [0.2, 0.25) is 0 Å². The number of thioether (sulfide) groups is 1. The molecule has 0 spiro atoms. The summed E-state index contributed by atoms with van der Waals surface area (Å²) in [5.74, 6) is 0.188. The van der Waals surface area contributed by atoms with E-state index in [1.165, 1.54) is 23.1 Å². The Labute approximate surface area is 90.3 Å². The number of rotatable bonds is 2. The van der Waals surface area contributed by atoms with Gasteiger partial charge in [-0.15, -0.1) is 11.8 Å². The van der Waals surface area contributed by atoms with Gasteiger partial charge in [0.25, 0.3) is 0 Å². The van der Waals surface area contributed by atoms with Crippen LogP contribution in [-0.4, -0.2) is 27.4 Å². The molecule has 0 unspecified atom stereocenters. The maximum absolute atomic E-state index is 11.0. The lowest BCUT2D eigenvalue weighted by Crippen LogP contribution is -2.23. The summed E-state index contributed by atoms with van der Waals surface area (Å²) in [4.78, 5) is 21.0. The topological polar surface area (TPSA) is 63.5 Å². The molecule has 1 saturated heterocycles. The Kier molecular flexibility index (Phi) is 3.77. The SMILES string of the molecule is CC(=O)C(=C1SCCCN1Cl)[N+](=O)[O-]. The number of allylic oxidation sites excluding steroid dienone is 1. The zero-order valence-corrected chi connectivity index (χ0v) is 9.10. The smallest absolute Gasteiger partial charge is 0.287 e. The Hall–Kier alpha value is -0.750. The molecule has 0 saturated carbocycles. The van der Waals surface area contributed by atoms with E-state index in [9.17, 15) is 14.9 Å². The lowest BCUT2D eigenvalue weighted by atomic mass is 10.3. The number of halogens is 1. The van der Waals surface area contributed by atoms with Crippen LogP contribution in [0.1, 0.15) is 13.3 Å². The third kappa shape index (κ3) is 2.39. The molecule has 14 heavy (non-hydrogen) atoms. The number of Topliss-reactive ketones (excluding diaryl/α,β-unsaturated/α-hetero) is 1. The van der Waals surface area contributed by atoms with Crippen molar-refractivity contribution < 1.29 is 9.72 Å². The first-order valence-corrected chi connectivity index (χ1v) is 5.32. The number of carbonyl (C=O) groups is 1. The summed E-state index contributed by atoms with van der Waals surface area (Å²) in [7, 11) is 0. The number of nitrogens with zero attached hydrogens (tertiary/aromatic N) is 2. The van der Waals surface area contributed by atoms with Crippen LogP contribution >= 0.6 is 23.5 Å². The second-order valence-electron chi connectivity index (χ2n) is 2.75. The fourth-order valence-corrected chi connectivity index (χ4v) is 2.48. The van der Waals surface area contributed by atoms with Crippen molar-refractivity contribution in [2.45, 2.75) is 13.3 Å². The van der Waals surface area contributed by atoms with Crippen LogP contribution in [0.25, 0.3) is 0 Å². The van der Waals surface area contributed by atoms with Gasteiger partial charge in [0.15, 0.2) is 5.03 Å². The summed E-state index contributed by atoms with van der Waals surface area (Å²) in [6, 6.07) is 0. The minimum absolute atomic E-state index is 0.260. The van der Waals surface area contributed by atoms with Gasteiger partial charge in [-0.1, -0.05) is 0 Å². The Morgan fingerprint density at radius 1 is 1.71 bits per heavy atom. The number of ketones is 1. The van der Waals surface area contributed by atoms with Crippen molar-refractivity contribution in [3.63, 3.8) is 0 Å². The van der Waals surface area contributed by atoms with Gasteiger partial charge >= 0.3 is 5.70 Å². The van der Waals surface area contributed by atoms with Crippen molar-refractivity contribution >= 4 is 29.3 Å². The maximum Gasteiger partial charge on any atom is 0.342 e. The number of nitro groups is 1. The summed E-state index contributed by atoms with van der Waals surface area (Å²) >= 11 is 7.01. The van der Waals surface area contributed by atoms with Crippen LogP contribution in [0.5, 0.6) is 0 Å². The van der Waals surface area contributed by atoms with Crippen LogP contribution in [0.15, 0.2) is 10.7 Å². The lowest BCUT2D eigenvalue weighted by molar-refractivity contribution is -0.419. The quantitative estimate of drug-likeness (QED) is 0.316. The maximum atomic E-state index is 11.0. The fraction of sp³-hybridized carbons (Fsp3) is 0.571. The van der Waals surface area contributed by atoms with Crippen molar-refractivity contribution in [3.05, 3.63) is 20.8 Å². The average Bonchev–Trinajstić information content (AvgIpc) is 2.07. The molecule has 0 bridgehead atoms. The van der Waals surface area contributed by atoms with Crippen molar-refractivity contribution in [3.8, 4) is 0 Å². The standard InChI is InChI=1S/C7H9ClN2O3S/c1-5(11)6(10(12)13)7-9(8)3-2-4-14-7/h2-4H2,1H3. The minimum atomic E-state index is -0.675. The van der Waals surface area contributed by atoms with Crippen LogP contribution in [0, 0.1) is 10.1 Å². The van der Waals surface area contributed by atoms with Gasteiger partial charge in [-0.25, -0.2) is 0 Å². The Bertz CT molecular complexity index is 289. The van der Waals surface area contributed by atoms with E-state index in [4.69, 9.17) is 11.8 Å². The van der Waals surface area contributed by atoms with Gasteiger partial charge in [0.1, 0.15) is 0 Å². The van der Waals surface area contributed by atoms with Gasteiger partial charge in [0.2, 0.25) is 5.78 Å². The van der Waals surface area contributed by atoms with E-state index in [-0.39, 0.29) is 5.03 Å². The van der Waals surface area contributed by atoms with Gasteiger partial charge in [0, 0.05) is 31.0 Å². The minimum Gasteiger partial charge on any atom is -0.287 e. The summed E-state index contributed by atoms with van der Waals surface area (Å²) in [5, 5.41) is 10.9. The van der Waals surface area contributed by atoms with Gasteiger partial charge in [-0.05, 0) is 6.42 Å². The zero-order chi connectivity index (χ0) is 10.7. The molecule has 0 N–H and O–H groups in total. The molecule has 0 amide bonds. The molecule has 0 aromatic carbocycles. The van der Waals surface area contributed by atoms with Gasteiger partial charge in [-0.3, -0.25) is 19.3 Å². The van der Waals surface area contributed by atoms with E-state index in [0.717, 1.165) is 12.2 Å². The van der Waals surface area contributed by atoms with E-state index in [0.29, 0.717) is 6.54 Å². The van der Waals surface area contributed by atoms with Crippen LogP contribution < -0.4 is 0 Å². The van der Waals surface area contributed by atoms with E-state index in [2.05, 4.69) is 0 Å². The summed E-state index contributed by atoms with van der Waals surface area (Å²) in [6.45, 7) is 1.71. The van der Waals surface area contributed by atoms with Crippen LogP contribution in [0.3, 0.4) is 0 Å². The molecule has 1 rings (SSSR count). The summed E-state index contributed by atoms with van der Waals surface area (Å²) in [5.41, 5.74) is -0.412. The summed E-state index contributed by atoms with van der Waals surface area (Å²) < 4.78 is 1.24. The molecule has 0 atom stereocenters. The van der Waals surface area contributed by atoms with E-state index in [1.807, 2.05) is 0 Å². The Balaban J connectivity index is 3.06. The third-order valence-electron chi connectivity index (χ3n) is 1.68. The first-order valence-electron chi connectivity index (χ1n) is 3.99. The van der Waals surface area contributed by atoms with Gasteiger partial charge < -0.3 is 0 Å². The highest BCUT2D eigenvalue weighted by Crippen LogP contribution is 2.31. The molecule has 0 aromatic rings. The molecule has 0 radical (unpaired) electrons. The second-order valence-corrected chi connectivity index (χ2v) is 4.25. The van der Waals surface area contributed by atoms with Crippen LogP contribution in [-0.2, 0) is 4.79 Å². The van der Waals surface area contributed by atoms with E-state index < -0.39 is 16.4 Å². The number of hydrogen-bond acceptors (Lipinski definition) is 5. The van der Waals surface area contributed by atoms with E-state index in [1.54, 1.807) is 0 Å². The predicted octanol–water partition coefficient (Wildman–Crippen LogP) is 1.61. The largest absolute Gasteiger partial charge is 0.342 e. The number of hydrogen-bond donors (Lipinski definition) is 0. The highest BCUT2D eigenvalue weighted by atomic mass is 35.5. The third-order valence-corrected chi connectivity index (χ3v) is 3.29. The molecule has 1 heterocycles. The second kappa shape index (κ2) is 4.65. The monoisotopic (exact) mass is 236 g/mol. The molecule has 5 nitrogen and oxygen atoms in total. The fourth-order valence-electron chi connectivity index (χ4n) is 1.08. The van der Waals surface area contributed by atoms with Crippen molar-refractivity contribution in [2.24, 2.45) is 0 Å². The zero-order valence-electron chi connectivity index (χ0n) is 7.53. The molecule has 7 heteroatoms. The van der Waals surface area contributed by atoms with Gasteiger partial charge in [0.05, 0.1) is 4.92 Å². The molecule has 1 aliphatic rings. The summed E-state index contributed by atoms with van der Waals surface area (Å²) in [6.07, 6.45) is 0.862. The normalized spacial score (nSPS) is 20.6. The lowest BCUT2D eigenvalue weighted by Gasteiger charge is -2.22.